The van der Waals surface area contributed by atoms with Crippen LogP contribution in [0.4, 0.5) is 26.4 Å². The predicted octanol–water partition coefficient (Wildman–Crippen LogP) is 6.93. The Labute approximate surface area is 215 Å². The van der Waals surface area contributed by atoms with Gasteiger partial charge in [-0.3, -0.25) is 5.32 Å². The number of aromatic nitrogens is 1. The molecule has 4 rings (SSSR count). The van der Waals surface area contributed by atoms with Crippen LogP contribution in [-0.4, -0.2) is 34.9 Å². The zero-order chi connectivity index (χ0) is 26.5. The Morgan fingerprint density at radius 2 is 1.86 bits per heavy atom. The molecule has 3 aromatic rings. The van der Waals surface area contributed by atoms with Gasteiger partial charge in [0.2, 0.25) is 0 Å². The molecule has 0 atom stereocenters. The second-order valence-electron chi connectivity index (χ2n) is 9.97. The quantitative estimate of drug-likeness (QED) is 0.305. The molecule has 0 radical (unpaired) electrons. The average molecular weight is 509 g/mol. The van der Waals surface area contributed by atoms with Crippen molar-refractivity contribution in [2.45, 2.75) is 58.9 Å². The monoisotopic (exact) mass is 508 g/mol. The summed E-state index contributed by atoms with van der Waals surface area (Å²) < 4.78 is 19.2. The number of aryl methyl sites for hydroxylation is 1. The van der Waals surface area contributed by atoms with Crippen LogP contribution >= 0.6 is 0 Å². The van der Waals surface area contributed by atoms with Crippen molar-refractivity contribution in [3.63, 3.8) is 0 Å². The number of carbonyl (C=O) groups excluding carboxylic acids is 1. The average Bonchev–Trinajstić information content (AvgIpc) is 3.27. The SMILES string of the molecule is Cc1cc(NC(=O)Nc2cc(-c3cc(F)ccc3C(=O)O)ccc2N(CC(C)C)C2CCCCC2)no1. The fourth-order valence-corrected chi connectivity index (χ4v) is 4.92. The first kappa shape index (κ1) is 26.2. The molecule has 1 saturated carbocycles. The van der Waals surface area contributed by atoms with E-state index in [0.717, 1.165) is 44.0 Å². The molecule has 0 bridgehead atoms. The summed E-state index contributed by atoms with van der Waals surface area (Å²) in [6.07, 6.45) is 5.64. The van der Waals surface area contributed by atoms with Crippen LogP contribution in [-0.2, 0) is 0 Å². The molecule has 1 heterocycles. The van der Waals surface area contributed by atoms with Gasteiger partial charge in [0.15, 0.2) is 5.82 Å². The van der Waals surface area contributed by atoms with Crippen molar-refractivity contribution in [1.82, 2.24) is 5.16 Å². The first-order chi connectivity index (χ1) is 17.7. The third-order valence-electron chi connectivity index (χ3n) is 6.52. The molecule has 8 nitrogen and oxygen atoms in total. The van der Waals surface area contributed by atoms with E-state index < -0.39 is 17.8 Å². The highest BCUT2D eigenvalue weighted by Crippen LogP contribution is 2.37. The molecule has 1 aliphatic carbocycles. The minimum atomic E-state index is -1.16. The first-order valence-electron chi connectivity index (χ1n) is 12.7. The normalized spacial score (nSPS) is 14.0. The highest BCUT2D eigenvalue weighted by Gasteiger charge is 2.25. The summed E-state index contributed by atoms with van der Waals surface area (Å²) in [6.45, 7) is 6.83. The zero-order valence-corrected chi connectivity index (χ0v) is 21.4. The number of nitrogens with zero attached hydrogens (tertiary/aromatic N) is 2. The smallest absolute Gasteiger partial charge is 0.336 e. The van der Waals surface area contributed by atoms with Gasteiger partial charge in [0.25, 0.3) is 0 Å². The Morgan fingerprint density at radius 3 is 2.51 bits per heavy atom. The summed E-state index contributed by atoms with van der Waals surface area (Å²) in [5.74, 6) is -0.482. The number of urea groups is 1. The molecule has 0 unspecified atom stereocenters. The van der Waals surface area contributed by atoms with Crippen molar-refractivity contribution in [3.8, 4) is 11.1 Å². The summed E-state index contributed by atoms with van der Waals surface area (Å²) in [5, 5.41) is 19.1. The molecule has 1 aliphatic rings. The summed E-state index contributed by atoms with van der Waals surface area (Å²) in [7, 11) is 0. The van der Waals surface area contributed by atoms with Crippen LogP contribution < -0.4 is 15.5 Å². The summed E-state index contributed by atoms with van der Waals surface area (Å²) in [4.78, 5) is 27.2. The second kappa shape index (κ2) is 11.5. The standard InChI is InChI=1S/C28H33FN4O4/c1-17(2)16-33(21-7-5-4-6-8-21)25-12-9-19(23-15-20(29)10-11-22(23)27(34)35)14-24(25)30-28(36)31-26-13-18(3)37-32-26/h9-15,17,21H,4-8,16H2,1-3H3,(H,34,35)(H2,30,31,32,36). The molecule has 0 aliphatic heterocycles. The molecule has 9 heteroatoms. The molecule has 1 fully saturated rings. The Balaban J connectivity index is 1.77. The van der Waals surface area contributed by atoms with Gasteiger partial charge >= 0.3 is 12.0 Å². The van der Waals surface area contributed by atoms with Crippen LogP contribution in [0.3, 0.4) is 0 Å². The number of anilines is 3. The fourth-order valence-electron chi connectivity index (χ4n) is 4.92. The molecule has 1 aromatic heterocycles. The molecule has 0 spiro atoms. The minimum absolute atomic E-state index is 0.0195. The van der Waals surface area contributed by atoms with Crippen molar-refractivity contribution in [1.29, 1.82) is 0 Å². The van der Waals surface area contributed by atoms with E-state index in [-0.39, 0.29) is 16.9 Å². The van der Waals surface area contributed by atoms with Gasteiger partial charge in [-0.15, -0.1) is 0 Å². The number of carboxylic acids is 1. The second-order valence-corrected chi connectivity index (χ2v) is 9.97. The number of rotatable bonds is 8. The van der Waals surface area contributed by atoms with Crippen LogP contribution in [0.1, 0.15) is 62.1 Å². The van der Waals surface area contributed by atoms with Crippen molar-refractivity contribution in [2.75, 3.05) is 22.1 Å². The topological polar surface area (TPSA) is 108 Å². The van der Waals surface area contributed by atoms with Gasteiger partial charge in [0, 0.05) is 18.7 Å². The predicted molar refractivity (Wildman–Crippen MR) is 142 cm³/mol. The van der Waals surface area contributed by atoms with E-state index >= 15 is 0 Å². The molecule has 196 valence electrons. The number of aromatic carboxylic acids is 1. The van der Waals surface area contributed by atoms with Crippen molar-refractivity contribution in [2.24, 2.45) is 5.92 Å². The van der Waals surface area contributed by atoms with Crippen LogP contribution in [0.5, 0.6) is 0 Å². The molecule has 2 amide bonds. The Morgan fingerprint density at radius 1 is 1.11 bits per heavy atom. The van der Waals surface area contributed by atoms with Gasteiger partial charge in [0.1, 0.15) is 11.6 Å². The lowest BCUT2D eigenvalue weighted by molar-refractivity contribution is 0.0697. The minimum Gasteiger partial charge on any atom is -0.478 e. The maximum absolute atomic E-state index is 14.1. The van der Waals surface area contributed by atoms with E-state index in [4.69, 9.17) is 4.52 Å². The summed E-state index contributed by atoms with van der Waals surface area (Å²) in [5.41, 5.74) is 2.05. The van der Waals surface area contributed by atoms with Crippen LogP contribution in [0.2, 0.25) is 0 Å². The highest BCUT2D eigenvalue weighted by atomic mass is 19.1. The number of amides is 2. The number of carboxylic acid groups (broad SMARTS) is 1. The Bertz CT molecular complexity index is 1270. The van der Waals surface area contributed by atoms with E-state index in [2.05, 4.69) is 34.5 Å². The maximum Gasteiger partial charge on any atom is 0.336 e. The Hall–Kier alpha value is -3.88. The van der Waals surface area contributed by atoms with Crippen LogP contribution in [0, 0.1) is 18.7 Å². The maximum atomic E-state index is 14.1. The first-order valence-corrected chi connectivity index (χ1v) is 12.7. The van der Waals surface area contributed by atoms with Gasteiger partial charge < -0.3 is 19.8 Å². The number of halogens is 1. The molecule has 2 aromatic carbocycles. The third-order valence-corrected chi connectivity index (χ3v) is 6.52. The summed E-state index contributed by atoms with van der Waals surface area (Å²) in [6, 6.07) is 10.4. The van der Waals surface area contributed by atoms with Crippen molar-refractivity contribution < 1.29 is 23.6 Å². The van der Waals surface area contributed by atoms with Gasteiger partial charge in [-0.2, -0.15) is 0 Å². The zero-order valence-electron chi connectivity index (χ0n) is 21.4. The number of carbonyl (C=O) groups is 2. The van der Waals surface area contributed by atoms with Crippen LogP contribution in [0.15, 0.2) is 47.0 Å². The van der Waals surface area contributed by atoms with E-state index in [1.807, 2.05) is 6.07 Å². The molecule has 3 N–H and O–H groups in total. The Kier molecular flexibility index (Phi) is 8.11. The molecule has 37 heavy (non-hydrogen) atoms. The van der Waals surface area contributed by atoms with E-state index in [1.165, 1.54) is 18.6 Å². The molecular weight excluding hydrogens is 475 g/mol. The third kappa shape index (κ3) is 6.47. The van der Waals surface area contributed by atoms with Gasteiger partial charge in [-0.1, -0.05) is 44.3 Å². The largest absolute Gasteiger partial charge is 0.478 e. The van der Waals surface area contributed by atoms with Gasteiger partial charge in [-0.05, 0) is 67.1 Å². The lowest BCUT2D eigenvalue weighted by Crippen LogP contribution is -2.40. The van der Waals surface area contributed by atoms with Crippen molar-refractivity contribution in [3.05, 3.63) is 59.6 Å². The van der Waals surface area contributed by atoms with Crippen LogP contribution in [0.25, 0.3) is 11.1 Å². The van der Waals surface area contributed by atoms with Crippen molar-refractivity contribution >= 4 is 29.2 Å². The number of nitrogens with one attached hydrogen (secondary N) is 2. The molecular formula is C28H33FN4O4. The lowest BCUT2D eigenvalue weighted by Gasteiger charge is -2.38. The van der Waals surface area contributed by atoms with E-state index in [0.29, 0.717) is 29.0 Å². The lowest BCUT2D eigenvalue weighted by atomic mass is 9.92. The summed E-state index contributed by atoms with van der Waals surface area (Å²) >= 11 is 0. The number of benzene rings is 2. The fraction of sp³-hybridized carbons (Fsp3) is 0.393. The molecule has 0 saturated heterocycles. The van der Waals surface area contributed by atoms with Gasteiger partial charge in [-0.25, -0.2) is 14.0 Å². The number of hydrogen-bond donors (Lipinski definition) is 3. The highest BCUT2D eigenvalue weighted by molar-refractivity contribution is 6.03. The van der Waals surface area contributed by atoms with Gasteiger partial charge in [0.05, 0.1) is 16.9 Å². The van der Waals surface area contributed by atoms with E-state index in [9.17, 15) is 19.1 Å². The number of hydrogen-bond acceptors (Lipinski definition) is 5. The van der Waals surface area contributed by atoms with E-state index in [1.54, 1.807) is 25.1 Å².